The van der Waals surface area contributed by atoms with E-state index in [0.29, 0.717) is 56.9 Å². The number of hydrogen-bond donors (Lipinski definition) is 7. The van der Waals surface area contributed by atoms with Crippen LogP contribution >= 0.6 is 0 Å². The molecule has 4 aliphatic carbocycles. The molecule has 3 saturated carbocycles. The Balaban J connectivity index is 0.640. The van der Waals surface area contributed by atoms with Crippen LogP contribution in [0.25, 0.3) is 0 Å². The zero-order valence-corrected chi connectivity index (χ0v) is 66.7. The van der Waals surface area contributed by atoms with Crippen molar-refractivity contribution in [2.24, 2.45) is 46.2 Å². The number of nitrogens with one attached hydrogen (secondary N) is 4. The van der Waals surface area contributed by atoms with Crippen molar-refractivity contribution in [1.29, 1.82) is 0 Å². The van der Waals surface area contributed by atoms with Crippen molar-refractivity contribution in [2.75, 3.05) is 89.4 Å². The van der Waals surface area contributed by atoms with Gasteiger partial charge in [-0.3, -0.25) is 47.9 Å². The summed E-state index contributed by atoms with van der Waals surface area (Å²) in [6.45, 7) is 9.31. The van der Waals surface area contributed by atoms with Gasteiger partial charge in [-0.15, -0.1) is 0 Å². The topological polar surface area (TPSA) is 397 Å². The molecule has 3 aromatic rings. The normalized spacial score (nSPS) is 24.1. The number of aliphatic hydroxyl groups is 1. The fraction of sp³-hybridized carbons (Fsp3) is 0.581. The lowest BCUT2D eigenvalue weighted by Gasteiger charge is -2.63. The molecule has 0 aromatic heterocycles. The van der Waals surface area contributed by atoms with E-state index in [-0.39, 0.29) is 159 Å². The van der Waals surface area contributed by atoms with Gasteiger partial charge in [-0.1, -0.05) is 94.5 Å². The third-order valence-corrected chi connectivity index (χ3v) is 23.0. The molecule has 0 radical (unpaired) electrons. The summed E-state index contributed by atoms with van der Waals surface area (Å²) in [7, 11) is 0. The van der Waals surface area contributed by atoms with Crippen molar-refractivity contribution >= 4 is 81.9 Å². The van der Waals surface area contributed by atoms with E-state index >= 15 is 8.78 Å². The SMILES string of the molecule is CCCC1O[C@@H]2C[C@H]3[C@@H]4C[C@H](F)C5=CC(=O)C=C[C@]5(C)[C@@]4(F)[C@@H](O)C[C@]3(C)[C@]2(C(=O)COCCC(=O)CNC(=O)OCc2ccc(NC(=O)[C@H](CCCNC(N)=O)CC(=O)[C@@H](NC(=O)[C@@H](CCC(=O)O)CC(=O)CCOCCOCCOCCOCCCC(=O)CCC(=O)N3Cc4ccccc4C#Cc4ccccc43)C(C)C)cc2)O1. The zero-order valence-electron chi connectivity index (χ0n) is 66.7. The second-order valence-corrected chi connectivity index (χ2v) is 31.3. The molecule has 0 bridgehead atoms. The number of carboxylic acid groups (broad SMARTS) is 1. The van der Waals surface area contributed by atoms with Crippen LogP contribution in [0.2, 0.25) is 0 Å². The Hall–Kier alpha value is -9.32. The predicted octanol–water partition coefficient (Wildman–Crippen LogP) is 8.74. The minimum atomic E-state index is -2.38. The molecule has 2 aliphatic heterocycles. The van der Waals surface area contributed by atoms with E-state index in [4.69, 9.17) is 43.6 Å². The number of ketones is 6. The van der Waals surface area contributed by atoms with Crippen molar-refractivity contribution in [3.8, 4) is 11.8 Å². The maximum Gasteiger partial charge on any atom is 0.407 e. The highest BCUT2D eigenvalue weighted by molar-refractivity contribution is 6.02. The number of benzene rings is 3. The molecule has 630 valence electrons. The first-order valence-electron chi connectivity index (χ1n) is 40.2. The van der Waals surface area contributed by atoms with Gasteiger partial charge in [0.1, 0.15) is 31.0 Å². The summed E-state index contributed by atoms with van der Waals surface area (Å²) in [6, 6.07) is 19.4. The van der Waals surface area contributed by atoms with Crippen LogP contribution in [0.1, 0.15) is 166 Å². The number of rotatable bonds is 48. The van der Waals surface area contributed by atoms with Crippen molar-refractivity contribution in [2.45, 2.75) is 199 Å². The first-order chi connectivity index (χ1) is 55.5. The van der Waals surface area contributed by atoms with Gasteiger partial charge in [-0.25, -0.2) is 18.4 Å². The summed E-state index contributed by atoms with van der Waals surface area (Å²) in [6.07, 6.45) is -1.97. The van der Waals surface area contributed by atoms with Crippen LogP contribution in [0, 0.1) is 52.3 Å². The number of aliphatic carboxylic acids is 1. The smallest absolute Gasteiger partial charge is 0.407 e. The molecule has 4 fully saturated rings. The molecule has 1 unspecified atom stereocenters. The molecule has 1 saturated heterocycles. The average molecular weight is 1620 g/mol. The molecule has 9 rings (SSSR count). The van der Waals surface area contributed by atoms with Crippen molar-refractivity contribution < 1.29 is 114 Å². The number of primary amides is 1. The summed E-state index contributed by atoms with van der Waals surface area (Å²) in [5.41, 5.74) is 2.36. The molecule has 8 N–H and O–H groups in total. The Morgan fingerprint density at radius 1 is 0.716 bits per heavy atom. The van der Waals surface area contributed by atoms with Gasteiger partial charge >= 0.3 is 18.1 Å². The van der Waals surface area contributed by atoms with Crippen LogP contribution in [-0.2, 0) is 99.0 Å². The molecule has 6 aliphatic rings. The first-order valence-corrected chi connectivity index (χ1v) is 40.2. The summed E-state index contributed by atoms with van der Waals surface area (Å²) >= 11 is 0. The number of para-hydroxylation sites is 1. The lowest BCUT2D eigenvalue weighted by molar-refractivity contribution is -0.235. The number of fused-ring (bicyclic) bond motifs is 9. The summed E-state index contributed by atoms with van der Waals surface area (Å²) < 4.78 is 80.5. The van der Waals surface area contributed by atoms with Gasteiger partial charge in [-0.2, -0.15) is 0 Å². The average Bonchev–Trinajstić information content (AvgIpc) is 1.44. The number of anilines is 2. The third-order valence-electron chi connectivity index (χ3n) is 23.0. The lowest BCUT2D eigenvalue weighted by atomic mass is 9.44. The minimum Gasteiger partial charge on any atom is -0.481 e. The Morgan fingerprint density at radius 3 is 2.07 bits per heavy atom. The lowest BCUT2D eigenvalue weighted by Crippen LogP contribution is -2.71. The summed E-state index contributed by atoms with van der Waals surface area (Å²) in [5.74, 6) is -3.04. The monoisotopic (exact) mass is 1620 g/mol. The summed E-state index contributed by atoms with van der Waals surface area (Å²) in [5, 5.41) is 31.8. The third kappa shape index (κ3) is 23.1. The van der Waals surface area contributed by atoms with E-state index in [1.54, 1.807) is 37.8 Å². The number of carboxylic acids is 1. The molecule has 28 nitrogen and oxygen atoms in total. The second kappa shape index (κ2) is 42.7. The number of carbonyl (C=O) groups is 12. The number of ether oxygens (including phenoxy) is 8. The van der Waals surface area contributed by atoms with Crippen LogP contribution in [-0.4, -0.2) is 202 Å². The number of nitrogens with zero attached hydrogens (tertiary/aromatic N) is 1. The highest BCUT2D eigenvalue weighted by atomic mass is 19.1. The molecule has 0 spiro atoms. The van der Waals surface area contributed by atoms with E-state index < -0.39 is 155 Å². The fourth-order valence-electron chi connectivity index (χ4n) is 16.9. The van der Waals surface area contributed by atoms with Gasteiger partial charge in [0.15, 0.2) is 40.7 Å². The number of carbonyl (C=O) groups excluding carboxylic acids is 11. The molecule has 3 aromatic carbocycles. The minimum absolute atomic E-state index is 0.00691. The number of halogens is 2. The molecule has 30 heteroatoms. The first kappa shape index (κ1) is 90.6. The van der Waals surface area contributed by atoms with Crippen LogP contribution in [0.4, 0.5) is 29.7 Å². The molecule has 13 atom stereocenters. The number of alkyl carbamates (subject to hydrolysis) is 1. The van der Waals surface area contributed by atoms with Gasteiger partial charge in [0.05, 0.1) is 89.9 Å². The largest absolute Gasteiger partial charge is 0.481 e. The van der Waals surface area contributed by atoms with Crippen LogP contribution in [0.15, 0.2) is 96.6 Å². The summed E-state index contributed by atoms with van der Waals surface area (Å²) in [4.78, 5) is 159. The van der Waals surface area contributed by atoms with Crippen molar-refractivity contribution in [3.05, 3.63) is 119 Å². The quantitative estimate of drug-likeness (QED) is 0.0205. The molecular formula is C86H110F2N6O22. The Kier molecular flexibility index (Phi) is 33.3. The number of nitrogens with two attached hydrogens (primary N) is 1. The van der Waals surface area contributed by atoms with Crippen LogP contribution in [0.5, 0.6) is 0 Å². The maximum atomic E-state index is 17.9. The van der Waals surface area contributed by atoms with Gasteiger partial charge in [0.25, 0.3) is 0 Å². The van der Waals surface area contributed by atoms with Gasteiger partial charge in [0, 0.05) is 110 Å². The highest BCUT2D eigenvalue weighted by Gasteiger charge is 2.80. The maximum absolute atomic E-state index is 17.9. The Morgan fingerprint density at radius 2 is 1.37 bits per heavy atom. The van der Waals surface area contributed by atoms with Crippen molar-refractivity contribution in [3.63, 3.8) is 0 Å². The number of aliphatic hydroxyl groups excluding tert-OH is 1. The van der Waals surface area contributed by atoms with E-state index in [2.05, 4.69) is 33.1 Å². The molecular weight excluding hydrogens is 1510 g/mol. The van der Waals surface area contributed by atoms with E-state index in [9.17, 15) is 67.7 Å². The molecule has 116 heavy (non-hydrogen) atoms. The Bertz CT molecular complexity index is 4140. The predicted molar refractivity (Wildman–Crippen MR) is 418 cm³/mol. The molecule has 2 heterocycles. The van der Waals surface area contributed by atoms with E-state index in [1.807, 2.05) is 55.5 Å². The zero-order chi connectivity index (χ0) is 83.7. The van der Waals surface area contributed by atoms with E-state index in [1.165, 1.54) is 31.2 Å². The van der Waals surface area contributed by atoms with Crippen molar-refractivity contribution in [1.82, 2.24) is 16.0 Å². The van der Waals surface area contributed by atoms with Crippen LogP contribution < -0.4 is 31.9 Å². The number of amides is 6. The standard InChI is InChI=1S/C86H110F2N6O22/c1-6-13-77-115-74-48-66-67-47-69(87)68-46-63(96)30-33-83(68,4)85(67,88)72(100)49-84(66,5)86(74,116-77)73(101)53-113-37-32-65(98)50-91-82(108)114-52-55-20-25-61(26-21-55)92-79(105)58(17-11-34-90-81(89)107)45-71(99)78(54(2)3)93-80(106)59(24-29-76(103)104)44-64(97)31-36-110-39-41-112-43-42-111-40-38-109-35-12-18-62(95)27-28-75(102)94-51-60-16-8-7-14-56(60)22-23-57-15-9-10-19-70(57)94/h7-10,14-16,19-21,25-26,30,33,46,54,58-59,66-67,69,72,74,77-78,100H,6,11-13,17-18,24,27-29,31-32,34-45,47-53H2,1-5H3,(H,91,108)(H,92,105)(H,93,106)(H,103,104)(H3,89,90,107)/t58-,59+,66+,67+,69+,72+,74-,77?,78+,83+,84+,85+,86-/m1/s1. The number of allylic oxidation sites excluding steroid dienone is 4. The number of hydrogen-bond acceptors (Lipinski definition) is 21. The van der Waals surface area contributed by atoms with Gasteiger partial charge < -0.3 is 80.0 Å². The number of urea groups is 1. The van der Waals surface area contributed by atoms with Gasteiger partial charge in [0.2, 0.25) is 17.7 Å². The fourth-order valence-corrected chi connectivity index (χ4v) is 16.9. The van der Waals surface area contributed by atoms with Gasteiger partial charge in [-0.05, 0) is 129 Å². The van der Waals surface area contributed by atoms with Crippen LogP contribution in [0.3, 0.4) is 0 Å². The Labute approximate surface area is 674 Å². The molecule has 6 amide bonds. The number of alkyl halides is 2. The highest BCUT2D eigenvalue weighted by Crippen LogP contribution is 2.72. The number of Topliss-reactive ketones (excluding diaryl/α,β-unsaturated/α-hetero) is 5. The van der Waals surface area contributed by atoms with E-state index in [0.717, 1.165) is 28.5 Å². The second-order valence-electron chi connectivity index (χ2n) is 31.3.